The average molecular weight is 264 g/mol. The number of amidine groups is 1. The van der Waals surface area contributed by atoms with Gasteiger partial charge < -0.3 is 10.5 Å². The number of rotatable bonds is 7. The highest BCUT2D eigenvalue weighted by atomic mass is 16.5. The molecular weight excluding hydrogens is 240 g/mol. The number of hydrogen-bond acceptors (Lipinski definition) is 4. The summed E-state index contributed by atoms with van der Waals surface area (Å²) in [6, 6.07) is 0. The molecule has 0 saturated heterocycles. The lowest BCUT2D eigenvalue weighted by atomic mass is 10.0. The third-order valence-corrected chi connectivity index (χ3v) is 3.09. The number of nitrogen functional groups attached to an aromatic ring is 1. The lowest BCUT2D eigenvalue weighted by molar-refractivity contribution is 0.198. The van der Waals surface area contributed by atoms with E-state index in [0.717, 1.165) is 36.9 Å². The molecule has 0 aromatic carbocycles. The quantitative estimate of drug-likeness (QED) is 0.585. The minimum absolute atomic E-state index is 0.000137. The summed E-state index contributed by atoms with van der Waals surface area (Å²) in [5.74, 6) is 0.391. The van der Waals surface area contributed by atoms with Crippen LogP contribution < -0.4 is 10.5 Å². The Kier molecular flexibility index (Phi) is 5.73. The van der Waals surface area contributed by atoms with Crippen molar-refractivity contribution in [1.29, 1.82) is 5.41 Å². The minimum atomic E-state index is 0.000137. The van der Waals surface area contributed by atoms with Crippen LogP contribution in [0.3, 0.4) is 0 Å². The Morgan fingerprint density at radius 2 is 1.95 bits per heavy atom. The van der Waals surface area contributed by atoms with Crippen LogP contribution in [0.2, 0.25) is 0 Å². The molecule has 0 amide bonds. The molecule has 106 valence electrons. The molecule has 0 aliphatic heterocycles. The first-order chi connectivity index (χ1) is 9.04. The number of nitrogens with one attached hydrogen (secondary N) is 1. The Balaban J connectivity index is 3.20. The van der Waals surface area contributed by atoms with Crippen molar-refractivity contribution >= 4 is 5.84 Å². The van der Waals surface area contributed by atoms with Gasteiger partial charge in [0.05, 0.1) is 17.4 Å². The molecule has 1 aromatic rings. The third kappa shape index (κ3) is 3.66. The molecule has 1 heterocycles. The van der Waals surface area contributed by atoms with Crippen LogP contribution in [0.4, 0.5) is 0 Å². The van der Waals surface area contributed by atoms with Crippen LogP contribution >= 0.6 is 0 Å². The van der Waals surface area contributed by atoms with Crippen molar-refractivity contribution in [3.63, 3.8) is 0 Å². The molecule has 1 unspecified atom stereocenters. The summed E-state index contributed by atoms with van der Waals surface area (Å²) in [7, 11) is 0. The van der Waals surface area contributed by atoms with E-state index in [-0.39, 0.29) is 11.9 Å². The van der Waals surface area contributed by atoms with E-state index in [0.29, 0.717) is 11.4 Å². The Morgan fingerprint density at radius 3 is 2.42 bits per heavy atom. The van der Waals surface area contributed by atoms with Crippen LogP contribution in [0.1, 0.15) is 57.4 Å². The average Bonchev–Trinajstić information content (AvgIpc) is 2.37. The molecule has 19 heavy (non-hydrogen) atoms. The van der Waals surface area contributed by atoms with Crippen molar-refractivity contribution in [2.45, 2.75) is 59.5 Å². The number of aryl methyl sites for hydroxylation is 1. The van der Waals surface area contributed by atoms with Crippen molar-refractivity contribution in [3.05, 3.63) is 16.8 Å². The molecule has 5 nitrogen and oxygen atoms in total. The summed E-state index contributed by atoms with van der Waals surface area (Å²) in [4.78, 5) is 0. The van der Waals surface area contributed by atoms with Gasteiger partial charge in [0.2, 0.25) is 5.88 Å². The SMILES string of the molecule is CCCC(C)Oc1nnc(CC)c(CC)c1C(=N)N. The highest BCUT2D eigenvalue weighted by Crippen LogP contribution is 2.23. The molecule has 1 atom stereocenters. The van der Waals surface area contributed by atoms with E-state index in [1.54, 1.807) is 0 Å². The van der Waals surface area contributed by atoms with Gasteiger partial charge in [0.1, 0.15) is 5.84 Å². The topological polar surface area (TPSA) is 84.9 Å². The minimum Gasteiger partial charge on any atom is -0.473 e. The van der Waals surface area contributed by atoms with Crippen LogP contribution in [-0.2, 0) is 12.8 Å². The third-order valence-electron chi connectivity index (χ3n) is 3.09. The van der Waals surface area contributed by atoms with Crippen LogP contribution in [0.15, 0.2) is 0 Å². The van der Waals surface area contributed by atoms with E-state index in [9.17, 15) is 0 Å². The highest BCUT2D eigenvalue weighted by molar-refractivity contribution is 5.98. The zero-order valence-electron chi connectivity index (χ0n) is 12.3. The van der Waals surface area contributed by atoms with Crippen molar-refractivity contribution in [2.75, 3.05) is 0 Å². The summed E-state index contributed by atoms with van der Waals surface area (Å²) in [6.45, 7) is 8.15. The monoisotopic (exact) mass is 264 g/mol. The molecule has 0 fully saturated rings. The molecule has 0 saturated carbocycles. The molecule has 0 aliphatic rings. The predicted octanol–water partition coefficient (Wildman–Crippen LogP) is 2.45. The molecule has 0 bridgehead atoms. The van der Waals surface area contributed by atoms with E-state index < -0.39 is 0 Å². The zero-order valence-corrected chi connectivity index (χ0v) is 12.3. The van der Waals surface area contributed by atoms with Crippen molar-refractivity contribution in [3.8, 4) is 5.88 Å². The van der Waals surface area contributed by atoms with E-state index >= 15 is 0 Å². The molecule has 0 aliphatic carbocycles. The zero-order chi connectivity index (χ0) is 14.4. The smallest absolute Gasteiger partial charge is 0.245 e. The van der Waals surface area contributed by atoms with Crippen LogP contribution in [-0.4, -0.2) is 22.1 Å². The first-order valence-corrected chi connectivity index (χ1v) is 6.94. The van der Waals surface area contributed by atoms with Crippen LogP contribution in [0, 0.1) is 5.41 Å². The summed E-state index contributed by atoms with van der Waals surface area (Å²) in [5, 5.41) is 16.1. The van der Waals surface area contributed by atoms with E-state index in [1.807, 2.05) is 20.8 Å². The van der Waals surface area contributed by atoms with E-state index in [4.69, 9.17) is 15.9 Å². The Morgan fingerprint density at radius 1 is 1.26 bits per heavy atom. The van der Waals surface area contributed by atoms with Gasteiger partial charge in [-0.3, -0.25) is 5.41 Å². The maximum Gasteiger partial charge on any atom is 0.245 e. The summed E-state index contributed by atoms with van der Waals surface area (Å²) in [5.41, 5.74) is 8.18. The number of aromatic nitrogens is 2. The molecule has 0 radical (unpaired) electrons. The fourth-order valence-corrected chi connectivity index (χ4v) is 2.17. The second kappa shape index (κ2) is 7.07. The first-order valence-electron chi connectivity index (χ1n) is 6.94. The van der Waals surface area contributed by atoms with Crippen LogP contribution in [0.5, 0.6) is 5.88 Å². The lowest BCUT2D eigenvalue weighted by Gasteiger charge is -2.18. The van der Waals surface area contributed by atoms with Gasteiger partial charge in [-0.15, -0.1) is 5.10 Å². The van der Waals surface area contributed by atoms with Gasteiger partial charge >= 0.3 is 0 Å². The fourth-order valence-electron chi connectivity index (χ4n) is 2.17. The molecule has 0 spiro atoms. The summed E-state index contributed by atoms with van der Waals surface area (Å²) < 4.78 is 5.79. The van der Waals surface area contributed by atoms with Crippen LogP contribution in [0.25, 0.3) is 0 Å². The molecule has 1 rings (SSSR count). The maximum atomic E-state index is 7.77. The van der Waals surface area contributed by atoms with Gasteiger partial charge in [-0.25, -0.2) is 0 Å². The van der Waals surface area contributed by atoms with E-state index in [2.05, 4.69) is 17.1 Å². The Labute approximate surface area is 115 Å². The normalized spacial score (nSPS) is 12.2. The molecule has 5 heteroatoms. The standard InChI is InChI=1S/C14H24N4O/c1-5-8-9(4)19-14-12(13(15)16)10(6-2)11(7-3)17-18-14/h9H,5-8H2,1-4H3,(H3,15,16). The van der Waals surface area contributed by atoms with Crippen molar-refractivity contribution in [1.82, 2.24) is 10.2 Å². The lowest BCUT2D eigenvalue weighted by Crippen LogP contribution is -2.22. The first kappa shape index (κ1) is 15.4. The maximum absolute atomic E-state index is 7.77. The van der Waals surface area contributed by atoms with Crippen molar-refractivity contribution < 1.29 is 4.74 Å². The van der Waals surface area contributed by atoms with Gasteiger partial charge in [0, 0.05) is 0 Å². The molecule has 1 aromatic heterocycles. The van der Waals surface area contributed by atoms with Gasteiger partial charge in [-0.05, 0) is 31.7 Å². The van der Waals surface area contributed by atoms with Gasteiger partial charge in [-0.2, -0.15) is 5.10 Å². The fraction of sp³-hybridized carbons (Fsp3) is 0.643. The number of nitrogens with zero attached hydrogens (tertiary/aromatic N) is 2. The van der Waals surface area contributed by atoms with Crippen molar-refractivity contribution in [2.24, 2.45) is 5.73 Å². The van der Waals surface area contributed by atoms with Gasteiger partial charge in [0.15, 0.2) is 0 Å². The highest BCUT2D eigenvalue weighted by Gasteiger charge is 2.19. The predicted molar refractivity (Wildman–Crippen MR) is 76.8 cm³/mol. The van der Waals surface area contributed by atoms with E-state index in [1.165, 1.54) is 0 Å². The van der Waals surface area contributed by atoms with Gasteiger partial charge in [-0.1, -0.05) is 27.2 Å². The molecule has 3 N–H and O–H groups in total. The number of nitrogens with two attached hydrogens (primary N) is 1. The second-order valence-electron chi connectivity index (χ2n) is 4.64. The summed E-state index contributed by atoms with van der Waals surface area (Å²) in [6.07, 6.45) is 3.58. The Hall–Kier alpha value is -1.65. The second-order valence-corrected chi connectivity index (χ2v) is 4.64. The number of ether oxygens (including phenoxy) is 1. The molecular formula is C14H24N4O. The summed E-state index contributed by atoms with van der Waals surface area (Å²) >= 11 is 0. The Bertz CT molecular complexity index is 445. The largest absolute Gasteiger partial charge is 0.473 e. The number of hydrogen-bond donors (Lipinski definition) is 2. The van der Waals surface area contributed by atoms with Gasteiger partial charge in [0.25, 0.3) is 0 Å².